The highest BCUT2D eigenvalue weighted by molar-refractivity contribution is 5.79. The Morgan fingerprint density at radius 1 is 1.29 bits per heavy atom. The van der Waals surface area contributed by atoms with Crippen molar-refractivity contribution in [2.75, 3.05) is 27.2 Å². The van der Waals surface area contributed by atoms with Gasteiger partial charge in [-0.25, -0.2) is 13.9 Å². The smallest absolute Gasteiger partial charge is 0.317 e. The van der Waals surface area contributed by atoms with Crippen LogP contribution in [-0.2, 0) is 35.6 Å². The molecule has 2 aliphatic heterocycles. The summed E-state index contributed by atoms with van der Waals surface area (Å²) in [4.78, 5) is 27.8. The molecule has 9 nitrogen and oxygen atoms in total. The van der Waals surface area contributed by atoms with Crippen LogP contribution in [0.2, 0.25) is 0 Å². The van der Waals surface area contributed by atoms with Gasteiger partial charge < -0.3 is 19.9 Å². The van der Waals surface area contributed by atoms with Crippen LogP contribution >= 0.6 is 0 Å². The largest absolute Gasteiger partial charge is 0.365 e. The molecule has 1 aromatic carbocycles. The molecule has 0 saturated carbocycles. The van der Waals surface area contributed by atoms with Gasteiger partial charge in [0.05, 0.1) is 38.4 Å². The second-order valence-electron chi connectivity index (χ2n) is 8.35. The molecule has 4 rings (SSSR count). The maximum absolute atomic E-state index is 13.9. The molecule has 1 unspecified atom stereocenters. The standard InChI is InChI=1S/C21H27FN6O3/c1-26(2)20(30)23-11-17-18-12-31-21(14-28(18)25-24-17)8-5-9-27(13-21)19(29)10-15-6-3-4-7-16(15)22/h3-4,6-7H,5,8-14H2,1-2H3,(H,23,30). The zero-order chi connectivity index (χ0) is 22.0. The maximum atomic E-state index is 13.9. The van der Waals surface area contributed by atoms with E-state index in [0.29, 0.717) is 37.5 Å². The van der Waals surface area contributed by atoms with Crippen molar-refractivity contribution < 1.29 is 18.7 Å². The number of carbonyl (C=O) groups is 2. The monoisotopic (exact) mass is 430 g/mol. The van der Waals surface area contributed by atoms with Gasteiger partial charge in [0.25, 0.3) is 0 Å². The van der Waals surface area contributed by atoms with Gasteiger partial charge in [0, 0.05) is 20.6 Å². The molecule has 1 N–H and O–H groups in total. The Morgan fingerprint density at radius 3 is 2.87 bits per heavy atom. The van der Waals surface area contributed by atoms with Crippen LogP contribution in [0.4, 0.5) is 9.18 Å². The van der Waals surface area contributed by atoms with Crippen molar-refractivity contribution in [2.45, 2.75) is 44.6 Å². The van der Waals surface area contributed by atoms with Crippen molar-refractivity contribution in [3.8, 4) is 0 Å². The summed E-state index contributed by atoms with van der Waals surface area (Å²) in [5, 5.41) is 11.2. The van der Waals surface area contributed by atoms with Crippen molar-refractivity contribution in [2.24, 2.45) is 0 Å². The van der Waals surface area contributed by atoms with Crippen molar-refractivity contribution in [1.82, 2.24) is 30.1 Å². The van der Waals surface area contributed by atoms with Crippen molar-refractivity contribution in [1.29, 1.82) is 0 Å². The van der Waals surface area contributed by atoms with Crippen LogP contribution in [0.1, 0.15) is 29.8 Å². The molecule has 10 heteroatoms. The number of likely N-dealkylation sites (tertiary alicyclic amines) is 1. The summed E-state index contributed by atoms with van der Waals surface area (Å²) in [7, 11) is 3.34. The fraction of sp³-hybridized carbons (Fsp3) is 0.524. The molecule has 0 bridgehead atoms. The molecule has 31 heavy (non-hydrogen) atoms. The summed E-state index contributed by atoms with van der Waals surface area (Å²) >= 11 is 0. The first kappa shape index (κ1) is 21.2. The number of piperidine rings is 1. The molecule has 0 radical (unpaired) electrons. The van der Waals surface area contributed by atoms with Crippen LogP contribution < -0.4 is 5.32 Å². The number of hydrogen-bond acceptors (Lipinski definition) is 5. The van der Waals surface area contributed by atoms with E-state index in [1.54, 1.807) is 37.2 Å². The quantitative estimate of drug-likeness (QED) is 0.790. The SMILES string of the molecule is CN(C)C(=O)NCc1nnn2c1COC1(CCCN(C(=O)Cc3ccccc3F)C1)C2. The zero-order valence-corrected chi connectivity index (χ0v) is 17.8. The van der Waals surface area contributed by atoms with E-state index in [-0.39, 0.29) is 30.7 Å². The topological polar surface area (TPSA) is 92.6 Å². The van der Waals surface area contributed by atoms with E-state index in [9.17, 15) is 14.0 Å². The van der Waals surface area contributed by atoms with E-state index >= 15 is 0 Å². The lowest BCUT2D eigenvalue weighted by Gasteiger charge is -2.44. The Labute approximate surface area is 180 Å². The molecule has 1 saturated heterocycles. The van der Waals surface area contributed by atoms with Gasteiger partial charge >= 0.3 is 6.03 Å². The van der Waals surface area contributed by atoms with Crippen LogP contribution in [0.3, 0.4) is 0 Å². The molecule has 1 fully saturated rings. The number of hydrogen-bond donors (Lipinski definition) is 1. The minimum Gasteiger partial charge on any atom is -0.365 e. The Hall–Kier alpha value is -3.01. The van der Waals surface area contributed by atoms with Gasteiger partial charge in [-0.3, -0.25) is 4.79 Å². The molecule has 166 valence electrons. The number of amides is 3. The third kappa shape index (κ3) is 4.53. The molecule has 3 amide bonds. The molecular weight excluding hydrogens is 403 g/mol. The molecule has 1 aromatic heterocycles. The average Bonchev–Trinajstić information content (AvgIpc) is 3.15. The first-order valence-corrected chi connectivity index (χ1v) is 10.4. The first-order chi connectivity index (χ1) is 14.9. The number of carbonyl (C=O) groups excluding carboxylic acids is 2. The van der Waals surface area contributed by atoms with E-state index < -0.39 is 5.60 Å². The molecule has 2 aromatic rings. The van der Waals surface area contributed by atoms with Gasteiger partial charge in [0.15, 0.2) is 0 Å². The third-order valence-corrected chi connectivity index (χ3v) is 5.88. The van der Waals surface area contributed by atoms with Gasteiger partial charge in [0.2, 0.25) is 5.91 Å². The lowest BCUT2D eigenvalue weighted by Crippen LogP contribution is -2.56. The molecule has 3 heterocycles. The highest BCUT2D eigenvalue weighted by Gasteiger charge is 2.42. The summed E-state index contributed by atoms with van der Waals surface area (Å²) in [6.45, 7) is 2.14. The van der Waals surface area contributed by atoms with Crippen molar-refractivity contribution in [3.05, 3.63) is 47.0 Å². The van der Waals surface area contributed by atoms with Crippen LogP contribution in [0, 0.1) is 5.82 Å². The lowest BCUT2D eigenvalue weighted by molar-refractivity contribution is -0.152. The third-order valence-electron chi connectivity index (χ3n) is 5.88. The Bertz CT molecular complexity index is 978. The average molecular weight is 430 g/mol. The minimum atomic E-state index is -0.534. The fourth-order valence-corrected chi connectivity index (χ4v) is 4.12. The van der Waals surface area contributed by atoms with Gasteiger partial charge in [-0.1, -0.05) is 23.4 Å². The van der Waals surface area contributed by atoms with Crippen LogP contribution in [0.5, 0.6) is 0 Å². The molecule has 1 spiro atoms. The Morgan fingerprint density at radius 2 is 2.10 bits per heavy atom. The van der Waals surface area contributed by atoms with Gasteiger partial charge in [-0.2, -0.15) is 0 Å². The molecule has 1 atom stereocenters. The number of urea groups is 1. The summed E-state index contributed by atoms with van der Waals surface area (Å²) in [5.41, 5.74) is 1.38. The van der Waals surface area contributed by atoms with E-state index in [1.807, 2.05) is 4.68 Å². The summed E-state index contributed by atoms with van der Waals surface area (Å²) in [5.74, 6) is -0.470. The normalized spacial score (nSPS) is 20.4. The minimum absolute atomic E-state index is 0.0348. The fourth-order valence-electron chi connectivity index (χ4n) is 4.12. The van der Waals surface area contributed by atoms with Crippen molar-refractivity contribution in [3.63, 3.8) is 0 Å². The summed E-state index contributed by atoms with van der Waals surface area (Å²) in [6, 6.07) is 6.16. The number of nitrogens with zero attached hydrogens (tertiary/aromatic N) is 5. The van der Waals surface area contributed by atoms with Crippen LogP contribution in [-0.4, -0.2) is 69.5 Å². The first-order valence-electron chi connectivity index (χ1n) is 10.4. The van der Waals surface area contributed by atoms with E-state index in [0.717, 1.165) is 18.5 Å². The van der Waals surface area contributed by atoms with Gasteiger partial charge in [-0.15, -0.1) is 5.10 Å². The van der Waals surface area contributed by atoms with Crippen LogP contribution in [0.15, 0.2) is 24.3 Å². The van der Waals surface area contributed by atoms with Crippen LogP contribution in [0.25, 0.3) is 0 Å². The second-order valence-corrected chi connectivity index (χ2v) is 8.35. The number of ether oxygens (including phenoxy) is 1. The number of aromatic nitrogens is 3. The number of fused-ring (bicyclic) bond motifs is 1. The van der Waals surface area contributed by atoms with Gasteiger partial charge in [-0.05, 0) is 24.5 Å². The highest BCUT2D eigenvalue weighted by atomic mass is 19.1. The van der Waals surface area contributed by atoms with E-state index in [1.165, 1.54) is 11.0 Å². The maximum Gasteiger partial charge on any atom is 0.317 e. The predicted molar refractivity (Wildman–Crippen MR) is 109 cm³/mol. The number of halogens is 1. The number of rotatable bonds is 4. The van der Waals surface area contributed by atoms with Crippen molar-refractivity contribution >= 4 is 11.9 Å². The summed E-state index contributed by atoms with van der Waals surface area (Å²) < 4.78 is 22.0. The zero-order valence-electron chi connectivity index (χ0n) is 17.8. The molecule has 0 aliphatic carbocycles. The Kier molecular flexibility index (Phi) is 5.90. The van der Waals surface area contributed by atoms with Gasteiger partial charge in [0.1, 0.15) is 17.1 Å². The van der Waals surface area contributed by atoms with E-state index in [4.69, 9.17) is 4.74 Å². The molecular formula is C21H27FN6O3. The highest BCUT2D eigenvalue weighted by Crippen LogP contribution is 2.32. The predicted octanol–water partition coefficient (Wildman–Crippen LogP) is 1.32. The van der Waals surface area contributed by atoms with E-state index in [2.05, 4.69) is 15.6 Å². The Balaban J connectivity index is 1.41. The molecule has 2 aliphatic rings. The number of nitrogens with one attached hydrogen (secondary N) is 1. The summed E-state index contributed by atoms with van der Waals surface area (Å²) in [6.07, 6.45) is 1.65. The number of benzene rings is 1. The lowest BCUT2D eigenvalue weighted by atomic mass is 9.90. The second kappa shape index (κ2) is 8.62.